The zero-order valence-electron chi connectivity index (χ0n) is 18.2. The molecule has 1 atom stereocenters. The van der Waals surface area contributed by atoms with Crippen molar-refractivity contribution in [1.82, 2.24) is 14.9 Å². The maximum atomic E-state index is 13.1. The number of hydrogen-bond donors (Lipinski definition) is 2. The molecule has 1 amide bonds. The molecule has 7 nitrogen and oxygen atoms in total. The number of sulfonamides is 1. The lowest BCUT2D eigenvalue weighted by Crippen LogP contribution is -2.39. The molecule has 1 saturated heterocycles. The highest BCUT2D eigenvalue weighted by molar-refractivity contribution is 7.92. The lowest BCUT2D eigenvalue weighted by molar-refractivity contribution is 0.0705. The molecule has 2 heterocycles. The summed E-state index contributed by atoms with van der Waals surface area (Å²) in [7, 11) is -3.86. The number of piperidine rings is 1. The summed E-state index contributed by atoms with van der Waals surface area (Å²) in [6.45, 7) is 1.23. The fourth-order valence-corrected chi connectivity index (χ4v) is 5.30. The van der Waals surface area contributed by atoms with E-state index in [2.05, 4.69) is 9.71 Å². The van der Waals surface area contributed by atoms with Crippen LogP contribution in [0, 0.1) is 5.82 Å². The number of imidazole rings is 1. The summed E-state index contributed by atoms with van der Waals surface area (Å²) in [5.74, 6) is 0.409. The van der Waals surface area contributed by atoms with Crippen molar-refractivity contribution in [3.63, 3.8) is 0 Å². The molecular weight excluding hydrogens is 455 g/mol. The van der Waals surface area contributed by atoms with E-state index in [1.807, 2.05) is 29.2 Å². The molecule has 0 bridgehead atoms. The van der Waals surface area contributed by atoms with E-state index in [0.717, 1.165) is 41.8 Å². The van der Waals surface area contributed by atoms with Gasteiger partial charge in [0.05, 0.1) is 15.9 Å². The number of benzene rings is 3. The number of aromatic amines is 1. The minimum Gasteiger partial charge on any atom is -0.342 e. The molecule has 0 spiro atoms. The van der Waals surface area contributed by atoms with E-state index in [0.29, 0.717) is 24.3 Å². The zero-order valence-corrected chi connectivity index (χ0v) is 19.1. The number of nitrogens with zero attached hydrogens (tertiary/aromatic N) is 2. The zero-order chi connectivity index (χ0) is 23.7. The molecule has 2 N–H and O–H groups in total. The number of carbonyl (C=O) groups is 1. The molecule has 1 unspecified atom stereocenters. The standard InChI is InChI=1S/C25H23FN4O3S/c26-19-9-13-21(14-10-19)34(32,33)29-20-11-7-17(8-12-20)25(31)30-15-3-4-18(16-30)24-27-22-5-1-2-6-23(22)28-24/h1-2,5-14,18,29H,3-4,15-16H2,(H,27,28). The van der Waals surface area contributed by atoms with Gasteiger partial charge in [0.25, 0.3) is 15.9 Å². The first-order chi connectivity index (χ1) is 16.4. The Labute approximate surface area is 196 Å². The van der Waals surface area contributed by atoms with E-state index in [-0.39, 0.29) is 16.7 Å². The summed E-state index contributed by atoms with van der Waals surface area (Å²) in [6, 6.07) is 18.8. The van der Waals surface area contributed by atoms with Crippen molar-refractivity contribution in [1.29, 1.82) is 0 Å². The summed E-state index contributed by atoms with van der Waals surface area (Å²) in [4.78, 5) is 23.0. The number of carbonyl (C=O) groups excluding carboxylic acids is 1. The molecule has 174 valence electrons. The third-order valence-electron chi connectivity index (χ3n) is 6.01. The van der Waals surface area contributed by atoms with Gasteiger partial charge in [0.15, 0.2) is 0 Å². The van der Waals surface area contributed by atoms with Crippen LogP contribution in [0.4, 0.5) is 10.1 Å². The number of rotatable bonds is 5. The molecule has 0 saturated carbocycles. The number of nitrogens with one attached hydrogen (secondary N) is 2. The molecule has 1 aliphatic rings. The van der Waals surface area contributed by atoms with Gasteiger partial charge in [0.2, 0.25) is 0 Å². The highest BCUT2D eigenvalue weighted by atomic mass is 32.2. The number of amides is 1. The van der Waals surface area contributed by atoms with E-state index in [9.17, 15) is 17.6 Å². The summed E-state index contributed by atoms with van der Waals surface area (Å²) >= 11 is 0. The van der Waals surface area contributed by atoms with Gasteiger partial charge in [-0.15, -0.1) is 0 Å². The number of likely N-dealkylation sites (tertiary alicyclic amines) is 1. The molecule has 4 aromatic rings. The van der Waals surface area contributed by atoms with Gasteiger partial charge in [-0.3, -0.25) is 9.52 Å². The number of anilines is 1. The van der Waals surface area contributed by atoms with Crippen LogP contribution in [-0.2, 0) is 10.0 Å². The molecule has 0 radical (unpaired) electrons. The Hall–Kier alpha value is -3.72. The number of halogens is 1. The lowest BCUT2D eigenvalue weighted by Gasteiger charge is -2.32. The fraction of sp³-hybridized carbons (Fsp3) is 0.200. The molecule has 1 fully saturated rings. The Bertz CT molecular complexity index is 1400. The van der Waals surface area contributed by atoms with Crippen molar-refractivity contribution in [2.75, 3.05) is 17.8 Å². The van der Waals surface area contributed by atoms with Gasteiger partial charge in [-0.25, -0.2) is 17.8 Å². The Kier molecular flexibility index (Phi) is 5.79. The molecule has 34 heavy (non-hydrogen) atoms. The number of para-hydroxylation sites is 2. The Morgan fingerprint density at radius 2 is 1.76 bits per heavy atom. The Morgan fingerprint density at radius 3 is 2.50 bits per heavy atom. The highest BCUT2D eigenvalue weighted by Crippen LogP contribution is 2.28. The first kappa shape index (κ1) is 22.1. The van der Waals surface area contributed by atoms with Gasteiger partial charge < -0.3 is 9.88 Å². The SMILES string of the molecule is O=C(c1ccc(NS(=O)(=O)c2ccc(F)cc2)cc1)N1CCCC(c2nc3ccccc3[nH]2)C1. The Morgan fingerprint density at radius 1 is 1.03 bits per heavy atom. The second kappa shape index (κ2) is 8.90. The first-order valence-electron chi connectivity index (χ1n) is 11.0. The van der Waals surface area contributed by atoms with Crippen molar-refractivity contribution in [3.8, 4) is 0 Å². The normalized spacial score (nSPS) is 16.5. The molecule has 0 aliphatic carbocycles. The van der Waals surface area contributed by atoms with Gasteiger partial charge in [0.1, 0.15) is 11.6 Å². The smallest absolute Gasteiger partial charge is 0.261 e. The van der Waals surface area contributed by atoms with Crippen LogP contribution in [0.15, 0.2) is 77.7 Å². The number of H-pyrrole nitrogens is 1. The van der Waals surface area contributed by atoms with Crippen molar-refractivity contribution in [3.05, 3.63) is 90.0 Å². The van der Waals surface area contributed by atoms with Gasteiger partial charge in [-0.1, -0.05) is 12.1 Å². The van der Waals surface area contributed by atoms with Crippen LogP contribution < -0.4 is 4.72 Å². The molecule has 3 aromatic carbocycles. The van der Waals surface area contributed by atoms with Gasteiger partial charge in [0, 0.05) is 30.3 Å². The maximum Gasteiger partial charge on any atom is 0.261 e. The topological polar surface area (TPSA) is 95.2 Å². The summed E-state index contributed by atoms with van der Waals surface area (Å²) in [5.41, 5.74) is 2.70. The van der Waals surface area contributed by atoms with Crippen molar-refractivity contribution < 1.29 is 17.6 Å². The van der Waals surface area contributed by atoms with Crippen LogP contribution in [0.5, 0.6) is 0 Å². The quantitative estimate of drug-likeness (QED) is 0.441. The van der Waals surface area contributed by atoms with Crippen LogP contribution in [0.1, 0.15) is 34.9 Å². The molecular formula is C25H23FN4O3S. The third-order valence-corrected chi connectivity index (χ3v) is 7.41. The largest absolute Gasteiger partial charge is 0.342 e. The van der Waals surface area contributed by atoms with E-state index < -0.39 is 15.8 Å². The number of fused-ring (bicyclic) bond motifs is 1. The summed E-state index contributed by atoms with van der Waals surface area (Å²) in [6.07, 6.45) is 1.83. The summed E-state index contributed by atoms with van der Waals surface area (Å²) in [5, 5.41) is 0. The molecule has 1 aromatic heterocycles. The predicted molar refractivity (Wildman–Crippen MR) is 128 cm³/mol. The molecule has 1 aliphatic heterocycles. The predicted octanol–water partition coefficient (Wildman–Crippen LogP) is 4.52. The monoisotopic (exact) mass is 478 g/mol. The van der Waals surface area contributed by atoms with Gasteiger partial charge in [-0.05, 0) is 73.5 Å². The van der Waals surface area contributed by atoms with E-state index in [1.165, 1.54) is 12.1 Å². The van der Waals surface area contributed by atoms with Crippen molar-refractivity contribution in [2.45, 2.75) is 23.7 Å². The average Bonchev–Trinajstić information content (AvgIpc) is 3.29. The van der Waals surface area contributed by atoms with Crippen LogP contribution in [0.25, 0.3) is 11.0 Å². The minimum atomic E-state index is -3.86. The van der Waals surface area contributed by atoms with Gasteiger partial charge >= 0.3 is 0 Å². The van der Waals surface area contributed by atoms with E-state index in [1.54, 1.807) is 24.3 Å². The Balaban J connectivity index is 1.27. The molecule has 5 rings (SSSR count). The van der Waals surface area contributed by atoms with E-state index in [4.69, 9.17) is 4.98 Å². The molecule has 9 heteroatoms. The van der Waals surface area contributed by atoms with Crippen molar-refractivity contribution >= 4 is 32.7 Å². The lowest BCUT2D eigenvalue weighted by atomic mass is 9.96. The highest BCUT2D eigenvalue weighted by Gasteiger charge is 2.27. The number of hydrogen-bond acceptors (Lipinski definition) is 4. The number of aromatic nitrogens is 2. The van der Waals surface area contributed by atoms with Crippen LogP contribution in [0.2, 0.25) is 0 Å². The van der Waals surface area contributed by atoms with Crippen molar-refractivity contribution in [2.24, 2.45) is 0 Å². The van der Waals surface area contributed by atoms with E-state index >= 15 is 0 Å². The average molecular weight is 479 g/mol. The van der Waals surface area contributed by atoms with Crippen LogP contribution in [0.3, 0.4) is 0 Å². The minimum absolute atomic E-state index is 0.0426. The van der Waals surface area contributed by atoms with Crippen LogP contribution in [-0.4, -0.2) is 42.3 Å². The second-order valence-corrected chi connectivity index (χ2v) is 10.0. The fourth-order valence-electron chi connectivity index (χ4n) is 4.24. The third kappa shape index (κ3) is 4.51. The summed E-state index contributed by atoms with van der Waals surface area (Å²) < 4.78 is 40.5. The van der Waals surface area contributed by atoms with Gasteiger partial charge in [-0.2, -0.15) is 0 Å². The van der Waals surface area contributed by atoms with Crippen LogP contribution >= 0.6 is 0 Å². The second-order valence-electron chi connectivity index (χ2n) is 8.37. The first-order valence-corrected chi connectivity index (χ1v) is 12.5. The maximum absolute atomic E-state index is 13.1.